The lowest BCUT2D eigenvalue weighted by molar-refractivity contribution is 0.131. The van der Waals surface area contributed by atoms with Crippen LogP contribution < -0.4 is 4.74 Å². The first-order valence-electron chi connectivity index (χ1n) is 5.25. The predicted molar refractivity (Wildman–Crippen MR) is 60.1 cm³/mol. The zero-order valence-electron chi connectivity index (χ0n) is 9.03. The Balaban J connectivity index is 2.17. The van der Waals surface area contributed by atoms with E-state index in [1.807, 2.05) is 6.07 Å². The highest BCUT2D eigenvalue weighted by atomic mass is 16.5. The van der Waals surface area contributed by atoms with Crippen molar-refractivity contribution in [2.45, 2.75) is 25.4 Å². The molecule has 1 aromatic rings. The molecule has 0 N–H and O–H groups in total. The van der Waals surface area contributed by atoms with E-state index in [1.165, 1.54) is 11.1 Å². The van der Waals surface area contributed by atoms with E-state index in [0.29, 0.717) is 6.10 Å². The fraction of sp³-hybridized carbons (Fsp3) is 0.385. The number of hydrogen-bond acceptors (Lipinski definition) is 2. The fourth-order valence-electron chi connectivity index (χ4n) is 2.08. The van der Waals surface area contributed by atoms with Crippen molar-refractivity contribution in [1.29, 1.82) is 0 Å². The monoisotopic (exact) mass is 204 g/mol. The van der Waals surface area contributed by atoms with Gasteiger partial charge in [0.25, 0.3) is 0 Å². The van der Waals surface area contributed by atoms with Gasteiger partial charge in [-0.2, -0.15) is 0 Å². The van der Waals surface area contributed by atoms with Gasteiger partial charge in [0.1, 0.15) is 11.9 Å². The van der Waals surface area contributed by atoms with Crippen molar-refractivity contribution in [3.63, 3.8) is 0 Å². The number of benzene rings is 1. The molecule has 15 heavy (non-hydrogen) atoms. The zero-order chi connectivity index (χ0) is 10.7. The van der Waals surface area contributed by atoms with Gasteiger partial charge < -0.3 is 9.47 Å². The molecule has 1 aliphatic carbocycles. The highest BCUT2D eigenvalue weighted by molar-refractivity contribution is 5.37. The van der Waals surface area contributed by atoms with E-state index < -0.39 is 0 Å². The standard InChI is InChI=1S/C13H16O2/c1-3-15-13-7-5-10-8-12(14-2)6-4-11(10)9-13/h3-4,6,8,13H,1,5,7,9H2,2H3. The maximum Gasteiger partial charge on any atom is 0.119 e. The second kappa shape index (κ2) is 4.39. The number of fused-ring (bicyclic) bond motifs is 1. The number of ether oxygens (including phenoxy) is 2. The molecule has 0 bridgehead atoms. The molecule has 0 radical (unpaired) electrons. The van der Waals surface area contributed by atoms with Gasteiger partial charge in [0.15, 0.2) is 0 Å². The maximum atomic E-state index is 5.43. The van der Waals surface area contributed by atoms with E-state index in [-0.39, 0.29) is 0 Å². The lowest BCUT2D eigenvalue weighted by Crippen LogP contribution is -2.20. The van der Waals surface area contributed by atoms with Crippen LogP contribution in [0.5, 0.6) is 5.75 Å². The van der Waals surface area contributed by atoms with Crippen LogP contribution in [0, 0.1) is 0 Å². The first-order valence-corrected chi connectivity index (χ1v) is 5.25. The van der Waals surface area contributed by atoms with E-state index in [9.17, 15) is 0 Å². The molecule has 2 rings (SSSR count). The molecule has 1 aliphatic rings. The normalized spacial score (nSPS) is 19.1. The van der Waals surface area contributed by atoms with E-state index in [1.54, 1.807) is 13.4 Å². The van der Waals surface area contributed by atoms with Gasteiger partial charge in [0.05, 0.1) is 13.4 Å². The SMILES string of the molecule is C=COC1CCc2cc(OC)ccc2C1. The second-order valence-electron chi connectivity index (χ2n) is 3.80. The molecule has 1 aromatic carbocycles. The van der Waals surface area contributed by atoms with Crippen LogP contribution in [0.15, 0.2) is 31.0 Å². The van der Waals surface area contributed by atoms with Gasteiger partial charge >= 0.3 is 0 Å². The van der Waals surface area contributed by atoms with Crippen LogP contribution in [0.4, 0.5) is 0 Å². The third kappa shape index (κ3) is 2.14. The summed E-state index contributed by atoms with van der Waals surface area (Å²) in [6.45, 7) is 3.60. The largest absolute Gasteiger partial charge is 0.498 e. The molecular weight excluding hydrogens is 188 g/mol. The van der Waals surface area contributed by atoms with Crippen molar-refractivity contribution < 1.29 is 9.47 Å². The van der Waals surface area contributed by atoms with Crippen LogP contribution in [0.25, 0.3) is 0 Å². The lowest BCUT2D eigenvalue weighted by atomic mass is 9.89. The Hall–Kier alpha value is -1.44. The minimum atomic E-state index is 0.295. The van der Waals surface area contributed by atoms with E-state index in [2.05, 4.69) is 18.7 Å². The van der Waals surface area contributed by atoms with Crippen LogP contribution >= 0.6 is 0 Å². The van der Waals surface area contributed by atoms with E-state index in [0.717, 1.165) is 25.0 Å². The third-order valence-electron chi connectivity index (χ3n) is 2.89. The van der Waals surface area contributed by atoms with Crippen molar-refractivity contribution in [3.8, 4) is 5.75 Å². The summed E-state index contributed by atoms with van der Waals surface area (Å²) in [5.41, 5.74) is 2.76. The number of hydrogen-bond donors (Lipinski definition) is 0. The summed E-state index contributed by atoms with van der Waals surface area (Å²) in [5.74, 6) is 0.942. The first-order chi connectivity index (χ1) is 7.33. The highest BCUT2D eigenvalue weighted by Crippen LogP contribution is 2.26. The summed E-state index contributed by atoms with van der Waals surface area (Å²) in [5, 5.41) is 0. The van der Waals surface area contributed by atoms with Gasteiger partial charge in [-0.3, -0.25) is 0 Å². The van der Waals surface area contributed by atoms with Gasteiger partial charge in [0, 0.05) is 6.42 Å². The molecule has 0 aromatic heterocycles. The molecule has 0 spiro atoms. The summed E-state index contributed by atoms with van der Waals surface area (Å²) in [7, 11) is 1.70. The molecule has 1 atom stereocenters. The van der Waals surface area contributed by atoms with Crippen LogP contribution in [0.2, 0.25) is 0 Å². The summed E-state index contributed by atoms with van der Waals surface area (Å²) in [6.07, 6.45) is 4.94. The van der Waals surface area contributed by atoms with Crippen molar-refractivity contribution in [3.05, 3.63) is 42.2 Å². The van der Waals surface area contributed by atoms with E-state index >= 15 is 0 Å². The average molecular weight is 204 g/mol. The van der Waals surface area contributed by atoms with Gasteiger partial charge in [0.2, 0.25) is 0 Å². The van der Waals surface area contributed by atoms with Crippen molar-refractivity contribution in [1.82, 2.24) is 0 Å². The zero-order valence-corrected chi connectivity index (χ0v) is 9.03. The molecular formula is C13H16O2. The molecule has 0 saturated heterocycles. The van der Waals surface area contributed by atoms with Crippen LogP contribution in [-0.2, 0) is 17.6 Å². The van der Waals surface area contributed by atoms with Gasteiger partial charge in [-0.25, -0.2) is 0 Å². The van der Waals surface area contributed by atoms with Crippen molar-refractivity contribution >= 4 is 0 Å². The summed E-state index contributed by atoms with van der Waals surface area (Å²) in [4.78, 5) is 0. The first kappa shape index (κ1) is 10.1. The molecule has 0 saturated carbocycles. The Kier molecular flexibility index (Phi) is 2.95. The Bertz CT molecular complexity index is 358. The molecule has 2 heteroatoms. The predicted octanol–water partition coefficient (Wildman–Crippen LogP) is 2.71. The van der Waals surface area contributed by atoms with Crippen molar-refractivity contribution in [2.75, 3.05) is 7.11 Å². The minimum absolute atomic E-state index is 0.295. The maximum absolute atomic E-state index is 5.43. The Morgan fingerprint density at radius 2 is 2.27 bits per heavy atom. The van der Waals surface area contributed by atoms with Gasteiger partial charge in [-0.05, 0) is 36.1 Å². The van der Waals surface area contributed by atoms with Gasteiger partial charge in [-0.1, -0.05) is 12.6 Å². The van der Waals surface area contributed by atoms with Crippen LogP contribution in [-0.4, -0.2) is 13.2 Å². The second-order valence-corrected chi connectivity index (χ2v) is 3.80. The summed E-state index contributed by atoms with van der Waals surface area (Å²) < 4.78 is 10.6. The Labute approximate surface area is 90.5 Å². The smallest absolute Gasteiger partial charge is 0.119 e. The summed E-state index contributed by atoms with van der Waals surface area (Å²) >= 11 is 0. The third-order valence-corrected chi connectivity index (χ3v) is 2.89. The van der Waals surface area contributed by atoms with E-state index in [4.69, 9.17) is 9.47 Å². The highest BCUT2D eigenvalue weighted by Gasteiger charge is 2.18. The average Bonchev–Trinajstić information content (AvgIpc) is 2.29. The fourth-order valence-corrected chi connectivity index (χ4v) is 2.08. The molecule has 0 aliphatic heterocycles. The van der Waals surface area contributed by atoms with Gasteiger partial charge in [-0.15, -0.1) is 0 Å². The molecule has 80 valence electrons. The Morgan fingerprint density at radius 1 is 1.40 bits per heavy atom. The quantitative estimate of drug-likeness (QED) is 0.705. The van der Waals surface area contributed by atoms with Crippen LogP contribution in [0.3, 0.4) is 0 Å². The molecule has 0 heterocycles. The molecule has 2 nitrogen and oxygen atoms in total. The number of methoxy groups -OCH3 is 1. The number of aryl methyl sites for hydroxylation is 1. The van der Waals surface area contributed by atoms with Crippen LogP contribution in [0.1, 0.15) is 17.5 Å². The Morgan fingerprint density at radius 3 is 3.00 bits per heavy atom. The molecule has 0 amide bonds. The minimum Gasteiger partial charge on any atom is -0.498 e. The molecule has 0 fully saturated rings. The topological polar surface area (TPSA) is 18.5 Å². The summed E-state index contributed by atoms with van der Waals surface area (Å²) in [6, 6.07) is 6.27. The molecule has 1 unspecified atom stereocenters. The lowest BCUT2D eigenvalue weighted by Gasteiger charge is -2.24. The number of rotatable bonds is 3. The van der Waals surface area contributed by atoms with Crippen molar-refractivity contribution in [2.24, 2.45) is 0 Å².